The van der Waals surface area contributed by atoms with Crippen molar-refractivity contribution < 1.29 is 18.7 Å². The smallest absolute Gasteiger partial charge is 0.247 e. The molecule has 1 heterocycles. The normalized spacial score (nSPS) is 27.9. The molecule has 0 radical (unpaired) electrons. The summed E-state index contributed by atoms with van der Waals surface area (Å²) in [4.78, 5) is 27.1. The van der Waals surface area contributed by atoms with Crippen LogP contribution in [0.4, 0.5) is 5.69 Å². The molecule has 4 aliphatic carbocycles. The van der Waals surface area contributed by atoms with Gasteiger partial charge in [-0.05, 0) is 74.3 Å². The summed E-state index contributed by atoms with van der Waals surface area (Å²) in [6, 6.07) is 10.9. The Morgan fingerprint density at radius 2 is 1.63 bits per heavy atom. The largest absolute Gasteiger partial charge is 0.495 e. The average molecular weight is 475 g/mol. The number of hydrogen-bond acceptors (Lipinski definition) is 4. The summed E-state index contributed by atoms with van der Waals surface area (Å²) in [5.41, 5.74) is 1.73. The fraction of sp³-hybridized carbons (Fsp3) is 0.517. The van der Waals surface area contributed by atoms with Gasteiger partial charge in [0.15, 0.2) is 0 Å². The summed E-state index contributed by atoms with van der Waals surface area (Å²) in [6.07, 6.45) is 6.79. The second-order valence-electron chi connectivity index (χ2n) is 11.5. The minimum Gasteiger partial charge on any atom is -0.495 e. The highest BCUT2D eigenvalue weighted by Crippen LogP contribution is 2.60. The van der Waals surface area contributed by atoms with Crippen LogP contribution in [-0.2, 0) is 9.59 Å². The second kappa shape index (κ2) is 8.28. The molecule has 4 fully saturated rings. The molecule has 0 spiro atoms. The Bertz CT molecular complexity index is 1270. The SMILES string of the molecule is COc1cc2c(cc1NC(=O)[C@H](NC(=O)C13CC4CC(CC(C4)C1)C3)C(C)C)oc1ccccc12. The van der Waals surface area contributed by atoms with Crippen LogP contribution in [0.3, 0.4) is 0 Å². The predicted octanol–water partition coefficient (Wildman–Crippen LogP) is 5.89. The minimum atomic E-state index is -0.619. The Labute approximate surface area is 205 Å². The van der Waals surface area contributed by atoms with E-state index in [1.807, 2.05) is 50.2 Å². The van der Waals surface area contributed by atoms with Gasteiger partial charge in [-0.3, -0.25) is 9.59 Å². The standard InChI is InChI=1S/C29H34N2O4/c1-16(2)26(31-28(33)29-13-17-8-18(14-29)10-19(9-17)15-29)27(32)30-22-12-24-21(11-25(22)34-3)20-6-4-5-7-23(20)35-24/h4-7,11-12,16-19,26H,8-10,13-15H2,1-3H3,(H,30,32)(H,31,33)/t17?,18?,19?,26-,29?/m1/s1. The van der Waals surface area contributed by atoms with Crippen LogP contribution in [-0.4, -0.2) is 25.0 Å². The van der Waals surface area contributed by atoms with Crippen LogP contribution in [0.15, 0.2) is 40.8 Å². The van der Waals surface area contributed by atoms with Crippen LogP contribution in [0.1, 0.15) is 52.4 Å². The zero-order chi connectivity index (χ0) is 24.3. The van der Waals surface area contributed by atoms with Crippen LogP contribution in [0, 0.1) is 29.1 Å². The molecule has 6 nitrogen and oxygen atoms in total. The van der Waals surface area contributed by atoms with Gasteiger partial charge in [0.1, 0.15) is 23.0 Å². The average Bonchev–Trinajstić information content (AvgIpc) is 3.18. The number of furan rings is 1. The molecule has 0 unspecified atom stereocenters. The zero-order valence-corrected chi connectivity index (χ0v) is 20.7. The van der Waals surface area contributed by atoms with E-state index in [1.165, 1.54) is 19.3 Å². The van der Waals surface area contributed by atoms with E-state index in [4.69, 9.17) is 9.15 Å². The van der Waals surface area contributed by atoms with E-state index in [-0.39, 0.29) is 23.1 Å². The summed E-state index contributed by atoms with van der Waals surface area (Å²) in [6.45, 7) is 3.95. The van der Waals surface area contributed by atoms with Gasteiger partial charge in [0.2, 0.25) is 11.8 Å². The molecule has 184 valence electrons. The fourth-order valence-corrected chi connectivity index (χ4v) is 7.45. The van der Waals surface area contributed by atoms with Gasteiger partial charge in [-0.1, -0.05) is 32.0 Å². The Morgan fingerprint density at radius 3 is 2.26 bits per heavy atom. The number of amides is 2. The lowest BCUT2D eigenvalue weighted by Gasteiger charge is -2.55. The number of carbonyl (C=O) groups is 2. The summed E-state index contributed by atoms with van der Waals surface area (Å²) in [5, 5.41) is 8.13. The molecule has 1 atom stereocenters. The second-order valence-corrected chi connectivity index (χ2v) is 11.5. The lowest BCUT2D eigenvalue weighted by Crippen LogP contribution is -2.57. The monoisotopic (exact) mass is 474 g/mol. The van der Waals surface area contributed by atoms with Crippen molar-refractivity contribution in [3.05, 3.63) is 36.4 Å². The van der Waals surface area contributed by atoms with Crippen molar-refractivity contribution in [1.82, 2.24) is 5.32 Å². The molecule has 4 aliphatic rings. The highest BCUT2D eigenvalue weighted by atomic mass is 16.5. The molecule has 2 aromatic carbocycles. The van der Waals surface area contributed by atoms with Gasteiger partial charge >= 0.3 is 0 Å². The molecule has 4 bridgehead atoms. The molecular formula is C29H34N2O4. The Hall–Kier alpha value is -3.02. The number of para-hydroxylation sites is 1. The Balaban J connectivity index is 1.25. The minimum absolute atomic E-state index is 0.0474. The van der Waals surface area contributed by atoms with Crippen molar-refractivity contribution in [2.24, 2.45) is 29.1 Å². The maximum atomic E-state index is 13.6. The Morgan fingerprint density at radius 1 is 0.971 bits per heavy atom. The number of benzene rings is 2. The van der Waals surface area contributed by atoms with Crippen molar-refractivity contribution in [1.29, 1.82) is 0 Å². The first-order valence-corrected chi connectivity index (χ1v) is 13.0. The summed E-state index contributed by atoms with van der Waals surface area (Å²) >= 11 is 0. The van der Waals surface area contributed by atoms with Crippen molar-refractivity contribution in [2.75, 3.05) is 12.4 Å². The number of carbonyl (C=O) groups excluding carboxylic acids is 2. The van der Waals surface area contributed by atoms with E-state index in [9.17, 15) is 9.59 Å². The molecule has 6 heteroatoms. The van der Waals surface area contributed by atoms with Crippen molar-refractivity contribution >= 4 is 39.4 Å². The first-order valence-electron chi connectivity index (χ1n) is 13.0. The van der Waals surface area contributed by atoms with Crippen LogP contribution >= 0.6 is 0 Å². The van der Waals surface area contributed by atoms with Gasteiger partial charge < -0.3 is 19.8 Å². The summed E-state index contributed by atoms with van der Waals surface area (Å²) in [7, 11) is 1.59. The number of ether oxygens (including phenoxy) is 1. The molecule has 0 aliphatic heterocycles. The first kappa shape index (κ1) is 22.4. The van der Waals surface area contributed by atoms with Gasteiger partial charge in [0, 0.05) is 22.3 Å². The number of hydrogen-bond donors (Lipinski definition) is 2. The Kier molecular flexibility index (Phi) is 5.31. The van der Waals surface area contributed by atoms with Crippen molar-refractivity contribution in [3.8, 4) is 5.75 Å². The predicted molar refractivity (Wildman–Crippen MR) is 136 cm³/mol. The number of anilines is 1. The number of fused-ring (bicyclic) bond motifs is 3. The molecular weight excluding hydrogens is 440 g/mol. The van der Waals surface area contributed by atoms with Gasteiger partial charge in [-0.2, -0.15) is 0 Å². The maximum absolute atomic E-state index is 13.6. The van der Waals surface area contributed by atoms with Crippen LogP contribution in [0.2, 0.25) is 0 Å². The highest BCUT2D eigenvalue weighted by molar-refractivity contribution is 6.08. The lowest BCUT2D eigenvalue weighted by atomic mass is 9.49. The van der Waals surface area contributed by atoms with Gasteiger partial charge in [0.25, 0.3) is 0 Å². The van der Waals surface area contributed by atoms with E-state index in [1.54, 1.807) is 7.11 Å². The third-order valence-electron chi connectivity index (χ3n) is 8.71. The molecule has 2 N–H and O–H groups in total. The van der Waals surface area contributed by atoms with Crippen LogP contribution in [0.25, 0.3) is 21.9 Å². The molecule has 0 saturated heterocycles. The molecule has 4 saturated carbocycles. The third kappa shape index (κ3) is 3.78. The van der Waals surface area contributed by atoms with Crippen molar-refractivity contribution in [3.63, 3.8) is 0 Å². The summed E-state index contributed by atoms with van der Waals surface area (Å²) < 4.78 is 11.6. The lowest BCUT2D eigenvalue weighted by molar-refractivity contribution is -0.148. The van der Waals surface area contributed by atoms with Crippen LogP contribution in [0.5, 0.6) is 5.75 Å². The van der Waals surface area contributed by atoms with Gasteiger partial charge in [0.05, 0.1) is 12.8 Å². The van der Waals surface area contributed by atoms with E-state index >= 15 is 0 Å². The molecule has 1 aromatic heterocycles. The molecule has 2 amide bonds. The van der Waals surface area contributed by atoms with E-state index in [0.717, 1.165) is 35.6 Å². The molecule has 3 aromatic rings. The van der Waals surface area contributed by atoms with Crippen LogP contribution < -0.4 is 15.4 Å². The number of nitrogens with one attached hydrogen (secondary N) is 2. The fourth-order valence-electron chi connectivity index (χ4n) is 7.45. The van der Waals surface area contributed by atoms with E-state index < -0.39 is 6.04 Å². The molecule has 7 rings (SSSR count). The maximum Gasteiger partial charge on any atom is 0.247 e. The molecule has 35 heavy (non-hydrogen) atoms. The van der Waals surface area contributed by atoms with Crippen molar-refractivity contribution in [2.45, 2.75) is 58.4 Å². The topological polar surface area (TPSA) is 80.6 Å². The summed E-state index contributed by atoms with van der Waals surface area (Å²) in [5.74, 6) is 2.40. The first-order chi connectivity index (χ1) is 16.8. The number of rotatable bonds is 6. The third-order valence-corrected chi connectivity index (χ3v) is 8.71. The zero-order valence-electron chi connectivity index (χ0n) is 20.7. The number of methoxy groups -OCH3 is 1. The van der Waals surface area contributed by atoms with E-state index in [2.05, 4.69) is 10.6 Å². The van der Waals surface area contributed by atoms with Gasteiger partial charge in [-0.15, -0.1) is 0 Å². The highest BCUT2D eigenvalue weighted by Gasteiger charge is 2.55. The van der Waals surface area contributed by atoms with Gasteiger partial charge in [-0.25, -0.2) is 0 Å². The quantitative estimate of drug-likeness (QED) is 0.467. The van der Waals surface area contributed by atoms with E-state index in [0.29, 0.717) is 34.8 Å².